The fourth-order valence-electron chi connectivity index (χ4n) is 1.39. The van der Waals surface area contributed by atoms with E-state index in [9.17, 15) is 4.79 Å². The van der Waals surface area contributed by atoms with Crippen LogP contribution in [0.2, 0.25) is 0 Å². The van der Waals surface area contributed by atoms with Gasteiger partial charge in [0.2, 0.25) is 0 Å². The molecule has 0 aliphatic carbocycles. The van der Waals surface area contributed by atoms with E-state index >= 15 is 0 Å². The van der Waals surface area contributed by atoms with E-state index in [0.29, 0.717) is 11.6 Å². The van der Waals surface area contributed by atoms with Crippen LogP contribution in [0, 0.1) is 0 Å². The highest BCUT2D eigenvalue weighted by molar-refractivity contribution is 7.03. The van der Waals surface area contributed by atoms with Gasteiger partial charge in [0, 0.05) is 0 Å². The van der Waals surface area contributed by atoms with Gasteiger partial charge < -0.3 is 9.47 Å². The van der Waals surface area contributed by atoms with Crippen LogP contribution >= 0.6 is 23.1 Å². The van der Waals surface area contributed by atoms with Crippen molar-refractivity contribution in [1.82, 2.24) is 19.2 Å². The summed E-state index contributed by atoms with van der Waals surface area (Å²) in [7, 11) is 0. The monoisotopic (exact) mass is 306 g/mol. The molecule has 3 aromatic rings. The van der Waals surface area contributed by atoms with Gasteiger partial charge in [-0.15, -0.1) is 0 Å². The lowest BCUT2D eigenvalue weighted by atomic mass is 10.2. The van der Waals surface area contributed by atoms with Crippen LogP contribution in [0.5, 0.6) is 17.5 Å². The first kappa shape index (κ1) is 12.6. The number of nitrogens with zero attached hydrogens (tertiary/aromatic N) is 4. The number of esters is 1. The number of benzene rings is 1. The number of hydrogen-bond donors (Lipinski definition) is 0. The highest BCUT2D eigenvalue weighted by atomic mass is 32.1. The topological polar surface area (TPSA) is 87.1 Å². The number of carbonyl (C=O) groups excluding carboxylic acids is 1. The third-order valence-corrected chi connectivity index (χ3v) is 3.16. The number of para-hydroxylation sites is 1. The summed E-state index contributed by atoms with van der Waals surface area (Å²) >= 11 is 2.26. The Kier molecular flexibility index (Phi) is 3.61. The lowest BCUT2D eigenvalue weighted by molar-refractivity contribution is 0.0724. The second kappa shape index (κ2) is 5.72. The van der Waals surface area contributed by atoms with Crippen LogP contribution in [0.15, 0.2) is 35.0 Å². The summed E-state index contributed by atoms with van der Waals surface area (Å²) in [5, 5.41) is 10.6. The van der Waals surface area contributed by atoms with E-state index in [1.165, 1.54) is 5.38 Å². The molecule has 0 radical (unpaired) electrons. The Bertz CT molecular complexity index is 700. The van der Waals surface area contributed by atoms with Crippen LogP contribution in [0.25, 0.3) is 0 Å². The van der Waals surface area contributed by atoms with Crippen molar-refractivity contribution < 1.29 is 14.3 Å². The molecular formula is C11H6N4O3S2. The van der Waals surface area contributed by atoms with Crippen LogP contribution in [-0.2, 0) is 0 Å². The molecule has 0 bridgehead atoms. The van der Waals surface area contributed by atoms with Crippen molar-refractivity contribution in [3.8, 4) is 17.5 Å². The van der Waals surface area contributed by atoms with Gasteiger partial charge in [-0.05, 0) is 35.2 Å². The van der Waals surface area contributed by atoms with Gasteiger partial charge in [0.1, 0.15) is 11.3 Å². The SMILES string of the molecule is O=C(Oc1csnn1)c1ccccc1Oc1csnn1. The zero-order chi connectivity index (χ0) is 13.8. The van der Waals surface area contributed by atoms with Gasteiger partial charge in [-0.3, -0.25) is 0 Å². The Hall–Kier alpha value is -2.39. The van der Waals surface area contributed by atoms with Crippen molar-refractivity contribution in [2.75, 3.05) is 0 Å². The second-order valence-corrected chi connectivity index (χ2v) is 4.69. The fourth-order valence-corrected chi connectivity index (χ4v) is 2.11. The minimum absolute atomic E-state index is 0.158. The van der Waals surface area contributed by atoms with Crippen LogP contribution in [0.1, 0.15) is 10.4 Å². The van der Waals surface area contributed by atoms with Crippen molar-refractivity contribution in [1.29, 1.82) is 0 Å². The van der Waals surface area contributed by atoms with Crippen molar-refractivity contribution in [3.05, 3.63) is 40.6 Å². The van der Waals surface area contributed by atoms with E-state index < -0.39 is 5.97 Å². The van der Waals surface area contributed by atoms with Crippen LogP contribution in [-0.4, -0.2) is 25.1 Å². The van der Waals surface area contributed by atoms with E-state index in [0.717, 1.165) is 23.1 Å². The zero-order valence-electron chi connectivity index (χ0n) is 9.79. The Morgan fingerprint density at radius 1 is 1.00 bits per heavy atom. The summed E-state index contributed by atoms with van der Waals surface area (Å²) in [5.41, 5.74) is 0.272. The van der Waals surface area contributed by atoms with Gasteiger partial charge in [0.15, 0.2) is 0 Å². The molecule has 0 N–H and O–H groups in total. The maximum absolute atomic E-state index is 12.1. The van der Waals surface area contributed by atoms with Crippen LogP contribution < -0.4 is 9.47 Å². The minimum Gasteiger partial charge on any atom is -0.436 e. The third kappa shape index (κ3) is 2.78. The van der Waals surface area contributed by atoms with Crippen molar-refractivity contribution >= 4 is 29.0 Å². The minimum atomic E-state index is -0.573. The smallest absolute Gasteiger partial charge is 0.348 e. The predicted molar refractivity (Wildman–Crippen MR) is 71.3 cm³/mol. The molecule has 20 heavy (non-hydrogen) atoms. The van der Waals surface area contributed by atoms with Crippen molar-refractivity contribution in [2.24, 2.45) is 0 Å². The maximum Gasteiger partial charge on any atom is 0.348 e. The van der Waals surface area contributed by atoms with Gasteiger partial charge in [-0.1, -0.05) is 31.3 Å². The molecule has 9 heteroatoms. The standard InChI is InChI=1S/C11H6N4O3S2/c16-11(18-10-6-20-15-13-10)7-3-1-2-4-8(7)17-9-5-19-14-12-9/h1-6H. The summed E-state index contributed by atoms with van der Waals surface area (Å²) in [6, 6.07) is 6.70. The Morgan fingerprint density at radius 3 is 2.40 bits per heavy atom. The molecule has 100 valence electrons. The first-order valence-electron chi connectivity index (χ1n) is 5.36. The highest BCUT2D eigenvalue weighted by Crippen LogP contribution is 2.25. The third-order valence-electron chi connectivity index (χ3n) is 2.20. The average molecular weight is 306 g/mol. The van der Waals surface area contributed by atoms with Gasteiger partial charge in [0.25, 0.3) is 11.8 Å². The summed E-state index contributed by atoms with van der Waals surface area (Å²) in [4.78, 5) is 12.1. The molecule has 0 aliphatic rings. The van der Waals surface area contributed by atoms with E-state index in [-0.39, 0.29) is 11.4 Å². The van der Waals surface area contributed by atoms with E-state index in [4.69, 9.17) is 9.47 Å². The lowest BCUT2D eigenvalue weighted by Gasteiger charge is -2.07. The molecule has 0 spiro atoms. The largest absolute Gasteiger partial charge is 0.436 e. The first-order valence-corrected chi connectivity index (χ1v) is 7.03. The van der Waals surface area contributed by atoms with E-state index in [1.54, 1.807) is 29.6 Å². The molecule has 0 amide bonds. The van der Waals surface area contributed by atoms with Crippen molar-refractivity contribution in [3.63, 3.8) is 0 Å². The normalized spacial score (nSPS) is 10.2. The summed E-state index contributed by atoms with van der Waals surface area (Å²) in [6.45, 7) is 0. The van der Waals surface area contributed by atoms with E-state index in [1.807, 2.05) is 0 Å². The van der Waals surface area contributed by atoms with Gasteiger partial charge in [-0.2, -0.15) is 0 Å². The molecular weight excluding hydrogens is 300 g/mol. The number of aromatic nitrogens is 4. The van der Waals surface area contributed by atoms with Crippen LogP contribution in [0.3, 0.4) is 0 Å². The molecule has 0 unspecified atom stereocenters. The predicted octanol–water partition coefficient (Wildman–Crippen LogP) is 2.40. The number of hydrogen-bond acceptors (Lipinski definition) is 9. The molecule has 2 heterocycles. The highest BCUT2D eigenvalue weighted by Gasteiger charge is 2.16. The molecule has 0 saturated heterocycles. The Labute approximate surface area is 121 Å². The molecule has 0 aliphatic heterocycles. The fraction of sp³-hybridized carbons (Fsp3) is 0. The summed E-state index contributed by atoms with van der Waals surface area (Å²) in [6.07, 6.45) is 0. The molecule has 2 aromatic heterocycles. The number of rotatable bonds is 4. The molecule has 0 saturated carbocycles. The maximum atomic E-state index is 12.1. The quantitative estimate of drug-likeness (QED) is 0.684. The lowest BCUT2D eigenvalue weighted by Crippen LogP contribution is -2.10. The molecule has 0 atom stereocenters. The Morgan fingerprint density at radius 2 is 1.70 bits per heavy atom. The Balaban J connectivity index is 1.83. The van der Waals surface area contributed by atoms with Crippen LogP contribution in [0.4, 0.5) is 0 Å². The average Bonchev–Trinajstić information content (AvgIpc) is 3.13. The second-order valence-electron chi connectivity index (χ2n) is 3.47. The molecule has 1 aromatic carbocycles. The summed E-state index contributed by atoms with van der Waals surface area (Å²) in [5.74, 6) is 0.251. The number of carbonyl (C=O) groups is 1. The van der Waals surface area contributed by atoms with Gasteiger partial charge >= 0.3 is 5.97 Å². The van der Waals surface area contributed by atoms with Gasteiger partial charge in [0.05, 0.1) is 10.8 Å². The van der Waals surface area contributed by atoms with Crippen molar-refractivity contribution in [2.45, 2.75) is 0 Å². The number of ether oxygens (including phenoxy) is 2. The molecule has 0 fully saturated rings. The molecule has 3 rings (SSSR count). The summed E-state index contributed by atoms with van der Waals surface area (Å²) < 4.78 is 17.9. The first-order chi connectivity index (χ1) is 9.83. The van der Waals surface area contributed by atoms with E-state index in [2.05, 4.69) is 19.2 Å². The molecule has 7 nitrogen and oxygen atoms in total. The zero-order valence-corrected chi connectivity index (χ0v) is 11.4. The van der Waals surface area contributed by atoms with Gasteiger partial charge in [-0.25, -0.2) is 4.79 Å².